The number of carbonyl (C=O) groups is 3. The van der Waals surface area contributed by atoms with E-state index < -0.39 is 41.5 Å². The fourth-order valence-electron chi connectivity index (χ4n) is 9.79. The van der Waals surface area contributed by atoms with Crippen molar-refractivity contribution in [1.29, 1.82) is 0 Å². The van der Waals surface area contributed by atoms with E-state index in [-0.39, 0.29) is 43.7 Å². The number of ether oxygens (including phenoxy) is 2. The Balaban J connectivity index is 1.32. The molecule has 3 amide bonds. The molecular weight excluding hydrogens is 845 g/mol. The zero-order valence-corrected chi connectivity index (χ0v) is 39.3. The van der Waals surface area contributed by atoms with E-state index in [4.69, 9.17) is 14.3 Å². The Morgan fingerprint density at radius 2 is 1.82 bits per heavy atom. The van der Waals surface area contributed by atoms with Crippen LogP contribution < -0.4 is 20.2 Å². The van der Waals surface area contributed by atoms with Crippen molar-refractivity contribution in [2.45, 2.75) is 97.6 Å². The van der Waals surface area contributed by atoms with Gasteiger partial charge < -0.3 is 29.4 Å². The van der Waals surface area contributed by atoms with Gasteiger partial charge in [-0.3, -0.25) is 19.4 Å². The Morgan fingerprint density at radius 3 is 2.48 bits per heavy atom. The molecule has 4 heterocycles. The molecule has 352 valence electrons. The highest BCUT2D eigenvalue weighted by atomic mass is 16.8. The van der Waals surface area contributed by atoms with Crippen LogP contribution in [0, 0.1) is 21.1 Å². The van der Waals surface area contributed by atoms with Crippen molar-refractivity contribution in [1.82, 2.24) is 30.2 Å². The van der Waals surface area contributed by atoms with E-state index in [2.05, 4.69) is 40.9 Å². The van der Waals surface area contributed by atoms with Gasteiger partial charge in [-0.15, -0.1) is 5.01 Å². The number of phenolic OH excluding ortho intramolecular Hbond substituents is 1. The van der Waals surface area contributed by atoms with Crippen LogP contribution in [0.5, 0.6) is 17.2 Å². The highest BCUT2D eigenvalue weighted by Gasteiger charge is 2.45. The van der Waals surface area contributed by atoms with Crippen molar-refractivity contribution in [3.05, 3.63) is 88.2 Å². The first-order valence-electron chi connectivity index (χ1n) is 22.8. The van der Waals surface area contributed by atoms with Crippen molar-refractivity contribution in [3.63, 3.8) is 0 Å². The molecule has 0 aliphatic carbocycles. The number of fused-ring (bicyclic) bond motifs is 6. The molecule has 7 rings (SSSR count). The predicted octanol–water partition coefficient (Wildman–Crippen LogP) is 5.93. The van der Waals surface area contributed by atoms with E-state index in [0.717, 1.165) is 38.2 Å². The van der Waals surface area contributed by atoms with Gasteiger partial charge in [-0.1, -0.05) is 52.5 Å². The highest BCUT2D eigenvalue weighted by Crippen LogP contribution is 2.46. The zero-order valence-electron chi connectivity index (χ0n) is 39.3. The number of rotatable bonds is 11. The number of carbonyl (C=O) groups excluding carboxylic acids is 3. The summed E-state index contributed by atoms with van der Waals surface area (Å²) in [6, 6.07) is 14.2. The third kappa shape index (κ3) is 9.57. The van der Waals surface area contributed by atoms with Gasteiger partial charge in [0.05, 0.1) is 48.9 Å². The van der Waals surface area contributed by atoms with E-state index in [1.165, 1.54) is 23.1 Å². The lowest BCUT2D eigenvalue weighted by atomic mass is 9.84. The highest BCUT2D eigenvalue weighted by molar-refractivity contribution is 5.97. The Hall–Kier alpha value is -6.49. The van der Waals surface area contributed by atoms with Gasteiger partial charge in [-0.25, -0.2) is 4.84 Å². The van der Waals surface area contributed by atoms with Crippen molar-refractivity contribution in [2.24, 2.45) is 11.3 Å². The maximum absolute atomic E-state index is 14.7. The lowest BCUT2D eigenvalue weighted by Gasteiger charge is -2.33. The summed E-state index contributed by atoms with van der Waals surface area (Å²) >= 11 is 0. The lowest BCUT2D eigenvalue weighted by Crippen LogP contribution is -2.62. The summed E-state index contributed by atoms with van der Waals surface area (Å²) in [5, 5.41) is 17.9. The van der Waals surface area contributed by atoms with Crippen LogP contribution in [0.2, 0.25) is 0 Å². The Kier molecular flexibility index (Phi) is 14.1. The maximum Gasteiger partial charge on any atom is 0.326 e. The molecule has 0 saturated carbocycles. The first-order chi connectivity index (χ1) is 31.5. The van der Waals surface area contributed by atoms with Crippen molar-refractivity contribution in [2.75, 3.05) is 47.5 Å². The van der Waals surface area contributed by atoms with E-state index in [1.807, 2.05) is 58.0 Å². The Labute approximate surface area is 385 Å². The number of aromatic hydroxyl groups is 1. The second-order valence-corrected chi connectivity index (χ2v) is 18.7. The standard InChI is InChI=1S/C49H62N8O9/c1-10-43(59)53-21-19-34(28-53)56(62)52(7)45(30(3)4)47(60)50-38-24-31-22-33(25-35(58)23-31)32-17-18-39-36(26-32)37(46(54(39)11-2)44-40(64-8)14-12-15-41(44)65-9)27-49(5,6)29-66-57(63)42-16-13-20-55(51-42)48(38)61/h10,12,14-15,17-18,22-23,25-26,30,34,38,42,45,51H,1,11,13,16,19-21,24,27-29H2,2-9H3/p+2/t34-,38-,42+,45-/m0/s1. The molecule has 0 spiro atoms. The van der Waals surface area contributed by atoms with Crippen molar-refractivity contribution >= 4 is 28.6 Å². The largest absolute Gasteiger partial charge is 0.508 e. The van der Waals surface area contributed by atoms with Crippen LogP contribution in [-0.4, -0.2) is 124 Å². The number of methoxy groups -OCH3 is 2. The molecule has 3 N–H and O–H groups in total. The summed E-state index contributed by atoms with van der Waals surface area (Å²) in [5.41, 5.74) is 8.21. The number of hydrogen-bond donors (Lipinski definition) is 3. The van der Waals surface area contributed by atoms with E-state index in [0.29, 0.717) is 66.3 Å². The van der Waals surface area contributed by atoms with Crippen LogP contribution in [0.25, 0.3) is 33.3 Å². The van der Waals surface area contributed by atoms with E-state index in [9.17, 15) is 29.3 Å². The molecule has 2 fully saturated rings. The summed E-state index contributed by atoms with van der Waals surface area (Å²) in [4.78, 5) is 78.0. The molecule has 4 atom stereocenters. The molecule has 17 nitrogen and oxygen atoms in total. The second-order valence-electron chi connectivity index (χ2n) is 18.7. The van der Waals surface area contributed by atoms with Gasteiger partial charge in [0, 0.05) is 55.2 Å². The topological polar surface area (TPSA) is 178 Å². The normalized spacial score (nSPS) is 20.3. The van der Waals surface area contributed by atoms with Crippen LogP contribution >= 0.6 is 0 Å². The number of nitroso groups, excluding NO2 is 1. The first-order valence-corrected chi connectivity index (χ1v) is 22.8. The third-order valence-electron chi connectivity index (χ3n) is 13.0. The number of hydrazine groups is 2. The van der Waals surface area contributed by atoms with Crippen LogP contribution in [-0.2, 0) is 38.6 Å². The minimum Gasteiger partial charge on any atom is -0.508 e. The predicted molar refractivity (Wildman–Crippen MR) is 249 cm³/mol. The molecule has 4 aromatic rings. The van der Waals surface area contributed by atoms with Gasteiger partial charge in [0.25, 0.3) is 11.9 Å². The molecule has 3 aliphatic rings. The van der Waals surface area contributed by atoms with Crippen molar-refractivity contribution in [3.8, 4) is 39.6 Å². The summed E-state index contributed by atoms with van der Waals surface area (Å²) in [6.07, 6.45) is 2.04. The van der Waals surface area contributed by atoms with Crippen LogP contribution in [0.3, 0.4) is 0 Å². The summed E-state index contributed by atoms with van der Waals surface area (Å²) in [6.45, 7) is 14.8. The van der Waals surface area contributed by atoms with E-state index >= 15 is 0 Å². The van der Waals surface area contributed by atoms with Crippen LogP contribution in [0.1, 0.15) is 65.0 Å². The fraction of sp³-hybridized carbons (Fsp3) is 0.490. The van der Waals surface area contributed by atoms with Gasteiger partial charge in [-0.2, -0.15) is 5.43 Å². The third-order valence-corrected chi connectivity index (χ3v) is 13.0. The summed E-state index contributed by atoms with van der Waals surface area (Å²) < 4.78 is 14.1. The quantitative estimate of drug-likeness (QED) is 0.0924. The number of phenols is 1. The van der Waals surface area contributed by atoms with Gasteiger partial charge in [0.2, 0.25) is 16.7 Å². The average molecular weight is 909 g/mol. The van der Waals surface area contributed by atoms with Gasteiger partial charge in [-0.05, 0) is 90.4 Å². The molecule has 0 radical (unpaired) electrons. The number of aromatic nitrogens is 1. The fourth-order valence-corrected chi connectivity index (χ4v) is 9.79. The molecule has 66 heavy (non-hydrogen) atoms. The minimum atomic E-state index is -1.19. The molecule has 0 unspecified atom stereocenters. The first kappa shape index (κ1) is 47.5. The van der Waals surface area contributed by atoms with Gasteiger partial charge in [0.15, 0.2) is 12.6 Å². The van der Waals surface area contributed by atoms with Gasteiger partial charge >= 0.3 is 6.17 Å². The zero-order chi connectivity index (χ0) is 47.6. The number of likely N-dealkylation sites (tertiary alicyclic amines) is 1. The number of nitrogens with one attached hydrogen (secondary N) is 2. The number of amides is 3. The SMILES string of the molecule is C=CC(=O)N1CC[C@H]([N+](=O)N(C)[C@H](C(=O)N[C@H]2Cc3cc(O)cc(c3)-c3ccc4c(c3)c(c(-c3c(OC)cccc3OC)n4CC)CC(C)(C)CO[N+](=O)[C@@H]3CCCN(N3)C2=O)C(C)C)C1. The molecular formula is C49H64N8O9+2. The molecule has 2 saturated heterocycles. The van der Waals surface area contributed by atoms with Crippen LogP contribution in [0.4, 0.5) is 0 Å². The molecule has 3 aromatic carbocycles. The minimum absolute atomic E-state index is 0.0286. The monoisotopic (exact) mass is 908 g/mol. The Morgan fingerprint density at radius 1 is 1.09 bits per heavy atom. The maximum atomic E-state index is 14.7. The number of aryl methyl sites for hydroxylation is 1. The number of hydrogen-bond acceptors (Lipinski definition) is 10. The molecule has 6 bridgehead atoms. The smallest absolute Gasteiger partial charge is 0.326 e. The number of likely N-dealkylation sites (N-methyl/N-ethyl adjacent to an activating group) is 1. The lowest BCUT2D eigenvalue weighted by molar-refractivity contribution is -0.835. The summed E-state index contributed by atoms with van der Waals surface area (Å²) in [7, 11) is 4.81. The van der Waals surface area contributed by atoms with Gasteiger partial charge in [0.1, 0.15) is 28.2 Å². The second kappa shape index (κ2) is 19.5. The number of benzene rings is 3. The van der Waals surface area contributed by atoms with E-state index in [1.54, 1.807) is 31.3 Å². The van der Waals surface area contributed by atoms with Crippen LogP contribution in [0.15, 0.2) is 67.3 Å². The summed E-state index contributed by atoms with van der Waals surface area (Å²) in [5.74, 6) is -0.449. The molecule has 3 aliphatic heterocycles. The Bertz CT molecular complexity index is 2510. The number of nitrogens with zero attached hydrogens (tertiary/aromatic N) is 6. The average Bonchev–Trinajstić information content (AvgIpc) is 3.91. The molecule has 1 aromatic heterocycles. The van der Waals surface area contributed by atoms with Crippen molar-refractivity contribution < 1.29 is 43.6 Å². The molecule has 17 heteroatoms.